The van der Waals surface area contributed by atoms with Gasteiger partial charge >= 0.3 is 5.97 Å². The normalized spacial score (nSPS) is 16.2. The van der Waals surface area contributed by atoms with Crippen LogP contribution < -0.4 is 4.90 Å². The fourth-order valence-corrected chi connectivity index (χ4v) is 3.29. The second kappa shape index (κ2) is 10.1. The van der Waals surface area contributed by atoms with Crippen molar-refractivity contribution < 1.29 is 19.0 Å². The van der Waals surface area contributed by atoms with Crippen LogP contribution >= 0.6 is 0 Å². The number of ether oxygens (including phenoxy) is 1. The molecule has 3 rings (SSSR count). The average molecular weight is 399 g/mol. The van der Waals surface area contributed by atoms with Crippen LogP contribution in [0.3, 0.4) is 0 Å². The predicted molar refractivity (Wildman–Crippen MR) is 110 cm³/mol. The van der Waals surface area contributed by atoms with Gasteiger partial charge in [0.15, 0.2) is 0 Å². The van der Waals surface area contributed by atoms with Gasteiger partial charge in [0.05, 0.1) is 24.8 Å². The predicted octanol–water partition coefficient (Wildman–Crippen LogP) is 2.59. The van der Waals surface area contributed by atoms with Crippen LogP contribution in [0.1, 0.15) is 22.8 Å². The van der Waals surface area contributed by atoms with E-state index in [-0.39, 0.29) is 24.4 Å². The van der Waals surface area contributed by atoms with Gasteiger partial charge in [0.1, 0.15) is 11.6 Å². The highest BCUT2D eigenvalue weighted by molar-refractivity contribution is 5.89. The molecule has 29 heavy (non-hydrogen) atoms. The zero-order valence-corrected chi connectivity index (χ0v) is 16.5. The molecule has 1 saturated heterocycles. The van der Waals surface area contributed by atoms with Gasteiger partial charge < -0.3 is 14.7 Å². The zero-order chi connectivity index (χ0) is 20.6. The minimum absolute atomic E-state index is 0.0180. The van der Waals surface area contributed by atoms with Gasteiger partial charge in [0, 0.05) is 32.4 Å². The number of hydrogen-bond donors (Lipinski definition) is 1. The van der Waals surface area contributed by atoms with E-state index >= 15 is 0 Å². The molecular formula is C22H26FN3O3. The summed E-state index contributed by atoms with van der Waals surface area (Å²) < 4.78 is 18.0. The lowest BCUT2D eigenvalue weighted by molar-refractivity contribution is 0.0526. The molecule has 0 aliphatic carbocycles. The first-order chi connectivity index (χ1) is 14.1. The van der Waals surface area contributed by atoms with Crippen molar-refractivity contribution in [3.8, 4) is 0 Å². The van der Waals surface area contributed by atoms with Gasteiger partial charge in [-0.2, -0.15) is 0 Å². The Balaban J connectivity index is 1.56. The fourth-order valence-electron chi connectivity index (χ4n) is 3.29. The summed E-state index contributed by atoms with van der Waals surface area (Å²) in [4.78, 5) is 20.5. The topological polar surface area (TPSA) is 65.9 Å². The Kier molecular flexibility index (Phi) is 7.32. The number of aromatic nitrogens is 1. The average Bonchev–Trinajstić information content (AvgIpc) is 2.76. The maximum Gasteiger partial charge on any atom is 0.339 e. The summed E-state index contributed by atoms with van der Waals surface area (Å²) in [5.74, 6) is 0.191. The first-order valence-corrected chi connectivity index (χ1v) is 9.77. The minimum Gasteiger partial charge on any atom is -0.462 e. The number of nitrogens with zero attached hydrogens (tertiary/aromatic N) is 3. The molecule has 2 aromatic rings. The van der Waals surface area contributed by atoms with Crippen LogP contribution in [0, 0.1) is 5.82 Å². The third-order valence-electron chi connectivity index (χ3n) is 4.93. The number of aliphatic hydroxyl groups excluding tert-OH is 1. The van der Waals surface area contributed by atoms with Crippen LogP contribution in [0.15, 0.2) is 48.7 Å². The van der Waals surface area contributed by atoms with Crippen molar-refractivity contribution in [3.63, 3.8) is 0 Å². The van der Waals surface area contributed by atoms with Crippen LogP contribution in [0.25, 0.3) is 6.08 Å². The van der Waals surface area contributed by atoms with E-state index in [0.29, 0.717) is 12.2 Å². The molecule has 2 heterocycles. The van der Waals surface area contributed by atoms with Crippen molar-refractivity contribution in [3.05, 3.63) is 65.6 Å². The third kappa shape index (κ3) is 5.62. The SMILES string of the molecule is CCOC(=O)c1ccc(N2CCN(C(C=Cc3ccc(F)cc3)CO)CC2)nc1. The lowest BCUT2D eigenvalue weighted by Crippen LogP contribution is -2.51. The summed E-state index contributed by atoms with van der Waals surface area (Å²) in [6.45, 7) is 5.22. The van der Waals surface area contributed by atoms with Gasteiger partial charge in [0.2, 0.25) is 0 Å². The smallest absolute Gasteiger partial charge is 0.339 e. The molecule has 1 atom stereocenters. The molecule has 154 valence electrons. The van der Waals surface area contributed by atoms with E-state index in [4.69, 9.17) is 4.74 Å². The number of esters is 1. The Labute approximate surface area is 170 Å². The maximum absolute atomic E-state index is 13.0. The van der Waals surface area contributed by atoms with Crippen molar-refractivity contribution in [2.45, 2.75) is 13.0 Å². The number of halogens is 1. The van der Waals surface area contributed by atoms with Crippen molar-refractivity contribution in [1.29, 1.82) is 0 Å². The second-order valence-electron chi connectivity index (χ2n) is 6.81. The number of carbonyl (C=O) groups is 1. The highest BCUT2D eigenvalue weighted by atomic mass is 19.1. The number of anilines is 1. The maximum atomic E-state index is 13.0. The number of hydrogen-bond acceptors (Lipinski definition) is 6. The molecule has 1 aromatic heterocycles. The monoisotopic (exact) mass is 399 g/mol. The van der Waals surface area contributed by atoms with Crippen LogP contribution in [0.2, 0.25) is 0 Å². The number of benzene rings is 1. The molecule has 1 aromatic carbocycles. The Hall–Kier alpha value is -2.77. The number of pyridine rings is 1. The Bertz CT molecular complexity index is 816. The molecule has 0 saturated carbocycles. The van der Waals surface area contributed by atoms with Gasteiger partial charge in [-0.25, -0.2) is 14.2 Å². The molecule has 1 fully saturated rings. The molecule has 1 unspecified atom stereocenters. The summed E-state index contributed by atoms with van der Waals surface area (Å²) in [7, 11) is 0. The Morgan fingerprint density at radius 3 is 2.52 bits per heavy atom. The molecule has 7 heteroatoms. The van der Waals surface area contributed by atoms with E-state index in [0.717, 1.165) is 37.6 Å². The van der Waals surface area contributed by atoms with Crippen LogP contribution in [-0.4, -0.2) is 66.4 Å². The van der Waals surface area contributed by atoms with Crippen molar-refractivity contribution in [2.24, 2.45) is 0 Å². The van der Waals surface area contributed by atoms with Crippen molar-refractivity contribution >= 4 is 17.9 Å². The van der Waals surface area contributed by atoms with E-state index in [1.165, 1.54) is 12.1 Å². The van der Waals surface area contributed by atoms with Gasteiger partial charge in [0.25, 0.3) is 0 Å². The molecule has 6 nitrogen and oxygen atoms in total. The highest BCUT2D eigenvalue weighted by Crippen LogP contribution is 2.17. The molecule has 1 aliphatic heterocycles. The molecule has 0 amide bonds. The van der Waals surface area contributed by atoms with Crippen LogP contribution in [0.5, 0.6) is 0 Å². The summed E-state index contributed by atoms with van der Waals surface area (Å²) in [5.41, 5.74) is 1.34. The summed E-state index contributed by atoms with van der Waals surface area (Å²) in [6, 6.07) is 9.74. The summed E-state index contributed by atoms with van der Waals surface area (Å²) in [5, 5.41) is 9.79. The third-order valence-corrected chi connectivity index (χ3v) is 4.93. The second-order valence-corrected chi connectivity index (χ2v) is 6.81. The first kappa shape index (κ1) is 21.0. The number of carbonyl (C=O) groups excluding carboxylic acids is 1. The molecule has 0 bridgehead atoms. The van der Waals surface area contributed by atoms with Gasteiger partial charge in [-0.15, -0.1) is 0 Å². The first-order valence-electron chi connectivity index (χ1n) is 9.77. The van der Waals surface area contributed by atoms with E-state index < -0.39 is 0 Å². The van der Waals surface area contributed by atoms with Gasteiger partial charge in [-0.05, 0) is 36.8 Å². The molecule has 1 N–H and O–H groups in total. The quantitative estimate of drug-likeness (QED) is 0.722. The largest absolute Gasteiger partial charge is 0.462 e. The lowest BCUT2D eigenvalue weighted by atomic mass is 10.1. The standard InChI is InChI=1S/C22H26FN3O3/c1-2-29-22(28)18-6-10-21(24-15-18)26-13-11-25(12-14-26)20(16-27)9-5-17-3-7-19(23)8-4-17/h3-10,15,20,27H,2,11-14,16H2,1H3. The Morgan fingerprint density at radius 2 is 1.93 bits per heavy atom. The van der Waals surface area contributed by atoms with Crippen molar-refractivity contribution in [1.82, 2.24) is 9.88 Å². The minimum atomic E-state index is -0.366. The van der Waals surface area contributed by atoms with Gasteiger partial charge in [-0.3, -0.25) is 4.90 Å². The van der Waals surface area contributed by atoms with Gasteiger partial charge in [-0.1, -0.05) is 24.3 Å². The van der Waals surface area contributed by atoms with E-state index in [2.05, 4.69) is 14.8 Å². The number of piperazine rings is 1. The molecule has 0 radical (unpaired) electrons. The van der Waals surface area contributed by atoms with E-state index in [1.54, 1.807) is 31.3 Å². The number of rotatable bonds is 7. The highest BCUT2D eigenvalue weighted by Gasteiger charge is 2.22. The fraction of sp³-hybridized carbons (Fsp3) is 0.364. The van der Waals surface area contributed by atoms with Crippen LogP contribution in [-0.2, 0) is 4.74 Å². The zero-order valence-electron chi connectivity index (χ0n) is 16.5. The summed E-state index contributed by atoms with van der Waals surface area (Å²) in [6.07, 6.45) is 5.40. The van der Waals surface area contributed by atoms with E-state index in [1.807, 2.05) is 18.2 Å². The number of aliphatic hydroxyl groups is 1. The summed E-state index contributed by atoms with van der Waals surface area (Å²) >= 11 is 0. The molecule has 1 aliphatic rings. The molecular weight excluding hydrogens is 373 g/mol. The molecule has 0 spiro atoms. The Morgan fingerprint density at radius 1 is 1.21 bits per heavy atom. The van der Waals surface area contributed by atoms with Crippen LogP contribution in [0.4, 0.5) is 10.2 Å². The van der Waals surface area contributed by atoms with Crippen molar-refractivity contribution in [2.75, 3.05) is 44.3 Å². The van der Waals surface area contributed by atoms with E-state index in [9.17, 15) is 14.3 Å². The lowest BCUT2D eigenvalue weighted by Gasteiger charge is -2.38.